The minimum Gasteiger partial charge on any atom is -0.252 e. The predicted molar refractivity (Wildman–Crippen MR) is 39.7 cm³/mol. The smallest absolute Gasteiger partial charge is 0.0961 e. The Morgan fingerprint density at radius 3 is 3.00 bits per heavy atom. The molecule has 0 saturated carbocycles. The summed E-state index contributed by atoms with van der Waals surface area (Å²) in [4.78, 5) is 4.28. The molecule has 0 saturated heterocycles. The molecule has 1 rings (SSSR count). The average molecular weight is 142 g/mol. The molecule has 0 aromatic carbocycles. The van der Waals surface area contributed by atoms with Gasteiger partial charge in [-0.3, -0.25) is 5.26 Å². The quantitative estimate of drug-likeness (QED) is 0.346. The molecule has 0 bridgehead atoms. The Morgan fingerprint density at radius 1 is 1.30 bits per heavy atom. The molecular formula is C8H14O2. The molecule has 0 aromatic rings. The zero-order valence-electron chi connectivity index (χ0n) is 6.12. The van der Waals surface area contributed by atoms with Crippen molar-refractivity contribution < 1.29 is 10.1 Å². The highest BCUT2D eigenvalue weighted by Crippen LogP contribution is 2.13. The Labute approximate surface area is 61.4 Å². The van der Waals surface area contributed by atoms with E-state index in [0.717, 1.165) is 19.3 Å². The second kappa shape index (κ2) is 4.47. The molecule has 0 radical (unpaired) electrons. The van der Waals surface area contributed by atoms with Gasteiger partial charge in [0.1, 0.15) is 0 Å². The van der Waals surface area contributed by atoms with Gasteiger partial charge in [0.15, 0.2) is 0 Å². The topological polar surface area (TPSA) is 29.5 Å². The normalized spacial score (nSPS) is 27.5. The van der Waals surface area contributed by atoms with Crippen LogP contribution in [0.25, 0.3) is 0 Å². The zero-order valence-corrected chi connectivity index (χ0v) is 6.12. The minimum atomic E-state index is 0.0385. The van der Waals surface area contributed by atoms with Gasteiger partial charge in [-0.25, -0.2) is 4.89 Å². The Kier molecular flexibility index (Phi) is 3.47. The molecule has 10 heavy (non-hydrogen) atoms. The van der Waals surface area contributed by atoms with E-state index >= 15 is 0 Å². The van der Waals surface area contributed by atoms with Crippen LogP contribution in [0.1, 0.15) is 32.1 Å². The highest BCUT2D eigenvalue weighted by molar-refractivity contribution is 4.86. The fourth-order valence-electron chi connectivity index (χ4n) is 1.21. The fourth-order valence-corrected chi connectivity index (χ4v) is 1.21. The standard InChI is InChI=1S/C8H14O2/c9-10-8-6-4-2-1-3-5-7-8/h2,4,8-9H,1,3,5-7H2/t8-/m0/s1. The van der Waals surface area contributed by atoms with E-state index in [4.69, 9.17) is 5.26 Å². The molecule has 1 N–H and O–H groups in total. The molecule has 0 aliphatic heterocycles. The molecule has 0 heterocycles. The van der Waals surface area contributed by atoms with Crippen molar-refractivity contribution in [2.75, 3.05) is 0 Å². The van der Waals surface area contributed by atoms with Gasteiger partial charge in [-0.15, -0.1) is 0 Å². The van der Waals surface area contributed by atoms with Gasteiger partial charge in [0.05, 0.1) is 6.10 Å². The van der Waals surface area contributed by atoms with E-state index < -0.39 is 0 Å². The summed E-state index contributed by atoms with van der Waals surface area (Å²) in [5.41, 5.74) is 0. The molecule has 58 valence electrons. The number of rotatable bonds is 1. The summed E-state index contributed by atoms with van der Waals surface area (Å²) in [5, 5.41) is 8.37. The van der Waals surface area contributed by atoms with Crippen LogP contribution in [0.2, 0.25) is 0 Å². The molecule has 0 aromatic heterocycles. The summed E-state index contributed by atoms with van der Waals surface area (Å²) < 4.78 is 0. The lowest BCUT2D eigenvalue weighted by molar-refractivity contribution is -0.279. The number of hydrogen-bond acceptors (Lipinski definition) is 2. The molecule has 2 heteroatoms. The third-order valence-electron chi connectivity index (χ3n) is 1.86. The van der Waals surface area contributed by atoms with Gasteiger partial charge in [0, 0.05) is 0 Å². The van der Waals surface area contributed by atoms with Crippen molar-refractivity contribution in [3.8, 4) is 0 Å². The van der Waals surface area contributed by atoms with Crippen molar-refractivity contribution >= 4 is 0 Å². The highest BCUT2D eigenvalue weighted by atomic mass is 17.1. The van der Waals surface area contributed by atoms with Crippen molar-refractivity contribution in [2.45, 2.75) is 38.2 Å². The van der Waals surface area contributed by atoms with Gasteiger partial charge in [0.25, 0.3) is 0 Å². The van der Waals surface area contributed by atoms with E-state index in [-0.39, 0.29) is 6.10 Å². The van der Waals surface area contributed by atoms with Crippen LogP contribution in [0, 0.1) is 0 Å². The van der Waals surface area contributed by atoms with E-state index in [1.807, 2.05) is 0 Å². The van der Waals surface area contributed by atoms with Gasteiger partial charge in [-0.1, -0.05) is 18.6 Å². The summed E-state index contributed by atoms with van der Waals surface area (Å²) in [5.74, 6) is 0. The minimum absolute atomic E-state index is 0.0385. The fraction of sp³-hybridized carbons (Fsp3) is 0.750. The summed E-state index contributed by atoms with van der Waals surface area (Å²) in [6.45, 7) is 0. The van der Waals surface area contributed by atoms with Gasteiger partial charge < -0.3 is 0 Å². The third kappa shape index (κ3) is 2.50. The van der Waals surface area contributed by atoms with E-state index in [1.165, 1.54) is 12.8 Å². The second-order valence-corrected chi connectivity index (χ2v) is 2.72. The van der Waals surface area contributed by atoms with Gasteiger partial charge in [-0.2, -0.15) is 0 Å². The second-order valence-electron chi connectivity index (χ2n) is 2.72. The Balaban J connectivity index is 2.30. The lowest BCUT2D eigenvalue weighted by Crippen LogP contribution is -2.10. The van der Waals surface area contributed by atoms with E-state index in [2.05, 4.69) is 17.0 Å². The largest absolute Gasteiger partial charge is 0.252 e. The molecule has 0 amide bonds. The molecule has 1 aliphatic rings. The van der Waals surface area contributed by atoms with E-state index in [0.29, 0.717) is 0 Å². The first-order chi connectivity index (χ1) is 4.93. The lowest BCUT2D eigenvalue weighted by atomic mass is 10.0. The average Bonchev–Trinajstić information content (AvgIpc) is 1.87. The van der Waals surface area contributed by atoms with Gasteiger partial charge in [-0.05, 0) is 25.7 Å². The number of hydrogen-bond donors (Lipinski definition) is 1. The summed E-state index contributed by atoms with van der Waals surface area (Å²) in [6.07, 6.45) is 9.68. The third-order valence-corrected chi connectivity index (χ3v) is 1.86. The molecule has 0 unspecified atom stereocenters. The van der Waals surface area contributed by atoms with Gasteiger partial charge >= 0.3 is 0 Å². The number of allylic oxidation sites excluding steroid dienone is 1. The molecule has 1 atom stereocenters. The lowest BCUT2D eigenvalue weighted by Gasteiger charge is -2.12. The maximum Gasteiger partial charge on any atom is 0.0961 e. The summed E-state index contributed by atoms with van der Waals surface area (Å²) in [6, 6.07) is 0. The maximum absolute atomic E-state index is 8.37. The van der Waals surface area contributed by atoms with Crippen LogP contribution in [0.4, 0.5) is 0 Å². The van der Waals surface area contributed by atoms with Crippen LogP contribution in [0.15, 0.2) is 12.2 Å². The van der Waals surface area contributed by atoms with Crippen LogP contribution < -0.4 is 0 Å². The van der Waals surface area contributed by atoms with E-state index in [9.17, 15) is 0 Å². The Hall–Kier alpha value is -0.340. The van der Waals surface area contributed by atoms with Crippen molar-refractivity contribution in [1.82, 2.24) is 0 Å². The summed E-state index contributed by atoms with van der Waals surface area (Å²) >= 11 is 0. The van der Waals surface area contributed by atoms with Crippen molar-refractivity contribution in [3.05, 3.63) is 12.2 Å². The van der Waals surface area contributed by atoms with Crippen molar-refractivity contribution in [3.63, 3.8) is 0 Å². The van der Waals surface area contributed by atoms with E-state index in [1.54, 1.807) is 0 Å². The zero-order chi connectivity index (χ0) is 7.23. The van der Waals surface area contributed by atoms with Crippen LogP contribution in [0.5, 0.6) is 0 Å². The first-order valence-corrected chi connectivity index (χ1v) is 3.88. The van der Waals surface area contributed by atoms with Gasteiger partial charge in [0.2, 0.25) is 0 Å². The predicted octanol–water partition coefficient (Wildman–Crippen LogP) is 2.36. The van der Waals surface area contributed by atoms with Crippen LogP contribution >= 0.6 is 0 Å². The van der Waals surface area contributed by atoms with Crippen molar-refractivity contribution in [2.24, 2.45) is 0 Å². The van der Waals surface area contributed by atoms with Crippen LogP contribution in [-0.4, -0.2) is 11.4 Å². The SMILES string of the molecule is OO[C@H]1CC=CCCCC1. The molecule has 1 aliphatic carbocycles. The molecule has 0 fully saturated rings. The van der Waals surface area contributed by atoms with Crippen LogP contribution in [-0.2, 0) is 4.89 Å². The molecule has 0 spiro atoms. The van der Waals surface area contributed by atoms with Crippen molar-refractivity contribution in [1.29, 1.82) is 0 Å². The first-order valence-electron chi connectivity index (χ1n) is 3.88. The maximum atomic E-state index is 8.37. The summed E-state index contributed by atoms with van der Waals surface area (Å²) in [7, 11) is 0. The monoisotopic (exact) mass is 142 g/mol. The molecule has 2 nitrogen and oxygen atoms in total. The Morgan fingerprint density at radius 2 is 2.20 bits per heavy atom. The highest BCUT2D eigenvalue weighted by Gasteiger charge is 2.07. The Bertz CT molecular complexity index is 110. The van der Waals surface area contributed by atoms with Crippen LogP contribution in [0.3, 0.4) is 0 Å². The molecular weight excluding hydrogens is 128 g/mol. The first kappa shape index (κ1) is 7.76.